The van der Waals surface area contributed by atoms with Crippen molar-refractivity contribution < 1.29 is 9.32 Å². The summed E-state index contributed by atoms with van der Waals surface area (Å²) in [4.78, 5) is 0.502. The maximum atomic E-state index is 12.8. The fraction of sp³-hybridized carbons (Fsp3) is 0.600. The minimum absolute atomic E-state index is 0.0163. The van der Waals surface area contributed by atoms with Gasteiger partial charge in [-0.05, 0) is 49.7 Å². The van der Waals surface area contributed by atoms with E-state index in [1.165, 1.54) is 0 Å². The van der Waals surface area contributed by atoms with Crippen LogP contribution in [0.25, 0.3) is 0 Å². The van der Waals surface area contributed by atoms with E-state index >= 15 is 0 Å². The molecule has 1 rings (SSSR count). The molecule has 0 heterocycles. The van der Waals surface area contributed by atoms with Gasteiger partial charge in [-0.1, -0.05) is 32.9 Å². The minimum atomic E-state index is -2.94. The third kappa shape index (κ3) is 4.55. The molecule has 3 nitrogen and oxygen atoms in total. The minimum Gasteiger partial charge on any atom is -0.386 e. The summed E-state index contributed by atoms with van der Waals surface area (Å²) in [5.74, 6) is 0. The summed E-state index contributed by atoms with van der Waals surface area (Å²) in [5.41, 5.74) is -0.173. The van der Waals surface area contributed by atoms with Crippen LogP contribution in [0.4, 0.5) is 0 Å². The van der Waals surface area contributed by atoms with E-state index in [0.717, 1.165) is 5.56 Å². The van der Waals surface area contributed by atoms with Crippen LogP contribution in [0.15, 0.2) is 33.2 Å². The first-order chi connectivity index (χ1) is 9.17. The Morgan fingerprint density at radius 3 is 1.86 bits per heavy atom. The fourth-order valence-corrected chi connectivity index (χ4v) is 7.71. The predicted molar refractivity (Wildman–Crippen MR) is 93.6 cm³/mol. The Bertz CT molecular complexity index is 619. The second kappa shape index (κ2) is 5.69. The van der Waals surface area contributed by atoms with Gasteiger partial charge in [0.15, 0.2) is 17.2 Å². The maximum Gasteiger partial charge on any atom is 0.194 e. The number of hydrogen-bond donors (Lipinski definition) is 1. The van der Waals surface area contributed by atoms with Crippen LogP contribution in [0, 0.1) is 0 Å². The van der Waals surface area contributed by atoms with E-state index in [-0.39, 0.29) is 5.04 Å². The van der Waals surface area contributed by atoms with E-state index in [4.69, 9.17) is 10.7 Å². The molecule has 1 aromatic carbocycles. The molecule has 6 heteroatoms. The highest BCUT2D eigenvalue weighted by molar-refractivity contribution is 8.16. The largest absolute Gasteiger partial charge is 0.386 e. The van der Waals surface area contributed by atoms with Crippen molar-refractivity contribution >= 4 is 27.9 Å². The molecule has 0 aromatic heterocycles. The van der Waals surface area contributed by atoms with E-state index in [9.17, 15) is 9.32 Å². The van der Waals surface area contributed by atoms with Crippen LogP contribution in [-0.4, -0.2) is 17.6 Å². The Morgan fingerprint density at radius 2 is 1.52 bits per heavy atom. The van der Waals surface area contributed by atoms with Gasteiger partial charge in [-0.25, -0.2) is 4.21 Å². The highest BCUT2D eigenvalue weighted by Crippen LogP contribution is 2.39. The van der Waals surface area contributed by atoms with Crippen molar-refractivity contribution in [2.45, 2.75) is 63.2 Å². The molecule has 21 heavy (non-hydrogen) atoms. The zero-order chi connectivity index (χ0) is 16.7. The molecule has 0 saturated heterocycles. The average molecular weight is 348 g/mol. The van der Waals surface area contributed by atoms with Crippen LogP contribution in [0.5, 0.6) is 0 Å². The first-order valence-electron chi connectivity index (χ1n) is 6.98. The van der Waals surface area contributed by atoms with Gasteiger partial charge >= 0.3 is 0 Å². The standard InChI is InChI=1S/C15H26ClNO2SSi/c1-14(2,3)21(6,7)17-20(16,19)13-10-8-12(9-11-13)15(4,5)18/h8-11,18H,1-7H3. The number of halogens is 1. The van der Waals surface area contributed by atoms with Gasteiger partial charge in [0.1, 0.15) is 0 Å². The molecule has 1 N–H and O–H groups in total. The number of hydrogen-bond acceptors (Lipinski definition) is 3. The summed E-state index contributed by atoms with van der Waals surface area (Å²) in [6, 6.07) is 6.88. The van der Waals surface area contributed by atoms with Crippen LogP contribution in [0.3, 0.4) is 0 Å². The molecule has 0 amide bonds. The van der Waals surface area contributed by atoms with Gasteiger partial charge in [0.05, 0.1) is 10.5 Å². The highest BCUT2D eigenvalue weighted by Gasteiger charge is 2.37. The molecular formula is C15H26ClNO2SSi. The van der Waals surface area contributed by atoms with E-state index in [1.807, 2.05) is 0 Å². The molecule has 120 valence electrons. The summed E-state index contributed by atoms with van der Waals surface area (Å²) in [6.45, 7) is 13.9. The summed E-state index contributed by atoms with van der Waals surface area (Å²) in [7, 11) is 1.21. The van der Waals surface area contributed by atoms with Gasteiger partial charge in [0.25, 0.3) is 0 Å². The van der Waals surface area contributed by atoms with Crippen LogP contribution in [0.1, 0.15) is 40.2 Å². The lowest BCUT2D eigenvalue weighted by atomic mass is 9.99. The molecular weight excluding hydrogens is 322 g/mol. The molecule has 0 bridgehead atoms. The molecule has 0 spiro atoms. The topological polar surface area (TPSA) is 49.7 Å². The van der Waals surface area contributed by atoms with Crippen molar-refractivity contribution in [3.63, 3.8) is 0 Å². The van der Waals surface area contributed by atoms with E-state index in [1.54, 1.807) is 38.1 Å². The fourth-order valence-electron chi connectivity index (χ4n) is 1.51. The van der Waals surface area contributed by atoms with Crippen LogP contribution >= 0.6 is 10.7 Å². The van der Waals surface area contributed by atoms with E-state index < -0.39 is 22.8 Å². The molecule has 1 aromatic rings. The van der Waals surface area contributed by atoms with Gasteiger partial charge < -0.3 is 5.11 Å². The van der Waals surface area contributed by atoms with E-state index in [2.05, 4.69) is 37.9 Å². The summed E-state index contributed by atoms with van der Waals surface area (Å²) in [6.07, 6.45) is 0. The SMILES string of the molecule is CC(C)(O)c1ccc(S(=O)(Cl)=N[Si](C)(C)C(C)(C)C)cc1. The van der Waals surface area contributed by atoms with Crippen molar-refractivity contribution in [3.05, 3.63) is 29.8 Å². The van der Waals surface area contributed by atoms with Gasteiger partial charge in [0, 0.05) is 10.7 Å². The number of nitrogens with zero attached hydrogens (tertiary/aromatic N) is 1. The highest BCUT2D eigenvalue weighted by atomic mass is 35.7. The quantitative estimate of drug-likeness (QED) is 0.624. The van der Waals surface area contributed by atoms with Crippen LogP contribution < -0.4 is 0 Å². The molecule has 1 unspecified atom stereocenters. The number of rotatable bonds is 3. The number of aliphatic hydroxyl groups is 1. The maximum absolute atomic E-state index is 12.8. The average Bonchev–Trinajstić information content (AvgIpc) is 2.25. The van der Waals surface area contributed by atoms with Gasteiger partial charge in [0.2, 0.25) is 0 Å². The first kappa shape index (κ1) is 18.7. The lowest BCUT2D eigenvalue weighted by Crippen LogP contribution is -2.35. The van der Waals surface area contributed by atoms with Gasteiger partial charge in [-0.2, -0.15) is 0 Å². The van der Waals surface area contributed by atoms with Crippen molar-refractivity contribution in [2.24, 2.45) is 4.03 Å². The van der Waals surface area contributed by atoms with Gasteiger partial charge in [-0.15, -0.1) is 0 Å². The Hall–Kier alpha value is -0.363. The monoisotopic (exact) mass is 347 g/mol. The molecule has 0 aliphatic rings. The molecule has 0 aliphatic heterocycles. The van der Waals surface area contributed by atoms with Crippen LogP contribution in [-0.2, 0) is 14.5 Å². The Labute approximate surface area is 134 Å². The lowest BCUT2D eigenvalue weighted by molar-refractivity contribution is 0.0785. The van der Waals surface area contributed by atoms with Crippen molar-refractivity contribution in [3.8, 4) is 0 Å². The van der Waals surface area contributed by atoms with Crippen molar-refractivity contribution in [1.82, 2.24) is 0 Å². The second-order valence-corrected chi connectivity index (χ2v) is 15.4. The Morgan fingerprint density at radius 1 is 1.10 bits per heavy atom. The summed E-state index contributed by atoms with van der Waals surface area (Å²) in [5, 5.41) is 9.94. The Balaban J connectivity index is 3.29. The lowest BCUT2D eigenvalue weighted by Gasteiger charge is -2.32. The molecule has 0 saturated carbocycles. The summed E-state index contributed by atoms with van der Waals surface area (Å²) < 4.78 is 17.3. The first-order valence-corrected chi connectivity index (χ1v) is 12.3. The smallest absolute Gasteiger partial charge is 0.194 e. The van der Waals surface area contributed by atoms with Gasteiger partial charge in [-0.3, -0.25) is 4.03 Å². The second-order valence-electron chi connectivity index (χ2n) is 7.44. The zero-order valence-corrected chi connectivity index (χ0v) is 16.5. The normalized spacial score (nSPS) is 16.4. The van der Waals surface area contributed by atoms with Crippen molar-refractivity contribution in [2.75, 3.05) is 0 Å². The Kier molecular flexibility index (Phi) is 5.06. The predicted octanol–water partition coefficient (Wildman–Crippen LogP) is 4.90. The molecule has 0 fully saturated rings. The molecule has 0 aliphatic carbocycles. The third-order valence-corrected chi connectivity index (χ3v) is 12.5. The molecule has 0 radical (unpaired) electrons. The van der Waals surface area contributed by atoms with Crippen LogP contribution in [0.2, 0.25) is 18.1 Å². The van der Waals surface area contributed by atoms with E-state index in [0.29, 0.717) is 4.90 Å². The van der Waals surface area contributed by atoms with Crippen molar-refractivity contribution in [1.29, 1.82) is 0 Å². The zero-order valence-electron chi connectivity index (χ0n) is 13.9. The number of benzene rings is 1. The third-order valence-electron chi connectivity index (χ3n) is 4.03. The summed E-state index contributed by atoms with van der Waals surface area (Å²) >= 11 is 0. The molecule has 1 atom stereocenters.